The van der Waals surface area contributed by atoms with Crippen molar-refractivity contribution in [1.82, 2.24) is 5.32 Å². The molecule has 1 aliphatic rings. The fourth-order valence-electron chi connectivity index (χ4n) is 4.28. The number of para-hydroxylation sites is 1. The first-order valence-corrected chi connectivity index (χ1v) is 12.1. The first-order chi connectivity index (χ1) is 17.8. The standard InChI is InChI=1S/C28H34N2O7/c1-18-24(27(32)34-3)26(25(19(2)30-18)28(33)35-4)20-9-8-12-23(15-20)36-14-13-29-16-21(31)17-37-22-10-6-5-7-11-22/h5-12,15,21,24,26,29,31H,13-14,16-17H2,1-4H3. The monoisotopic (exact) mass is 510 g/mol. The molecule has 0 bridgehead atoms. The van der Waals surface area contributed by atoms with Gasteiger partial charge in [0, 0.05) is 30.4 Å². The summed E-state index contributed by atoms with van der Waals surface area (Å²) in [5.41, 5.74) is 2.09. The van der Waals surface area contributed by atoms with Crippen LogP contribution >= 0.6 is 0 Å². The van der Waals surface area contributed by atoms with E-state index in [4.69, 9.17) is 18.9 Å². The molecule has 3 rings (SSSR count). The number of carbonyl (C=O) groups excluding carboxylic acids is 2. The largest absolute Gasteiger partial charge is 0.492 e. The number of ether oxygens (including phenoxy) is 4. The first kappa shape index (κ1) is 27.9. The normalized spacial score (nSPS) is 18.0. The Bertz CT molecular complexity index is 1130. The Hall–Kier alpha value is -3.69. The Kier molecular flexibility index (Phi) is 10.2. The number of esters is 2. The van der Waals surface area contributed by atoms with Crippen molar-refractivity contribution in [3.05, 3.63) is 71.4 Å². The maximum absolute atomic E-state index is 12.7. The van der Waals surface area contributed by atoms with E-state index in [9.17, 15) is 14.7 Å². The van der Waals surface area contributed by atoms with Crippen LogP contribution in [0.25, 0.3) is 0 Å². The molecule has 0 aromatic heterocycles. The van der Waals surface area contributed by atoms with Gasteiger partial charge < -0.3 is 29.4 Å². The highest BCUT2D eigenvalue weighted by molar-refractivity contribution is 6.06. The minimum atomic E-state index is -0.765. The van der Waals surface area contributed by atoms with Crippen LogP contribution in [0.15, 0.2) is 70.9 Å². The van der Waals surface area contributed by atoms with E-state index in [1.54, 1.807) is 26.0 Å². The van der Waals surface area contributed by atoms with Gasteiger partial charge in [-0.15, -0.1) is 0 Å². The van der Waals surface area contributed by atoms with Gasteiger partial charge in [0.05, 0.1) is 19.8 Å². The molecule has 2 aromatic carbocycles. The van der Waals surface area contributed by atoms with Crippen LogP contribution in [-0.2, 0) is 19.1 Å². The number of carbonyl (C=O) groups is 2. The molecule has 3 unspecified atom stereocenters. The van der Waals surface area contributed by atoms with Gasteiger partial charge in [-0.1, -0.05) is 30.3 Å². The number of hydrogen-bond donors (Lipinski definition) is 2. The zero-order valence-corrected chi connectivity index (χ0v) is 21.6. The van der Waals surface area contributed by atoms with Crippen molar-refractivity contribution in [1.29, 1.82) is 0 Å². The van der Waals surface area contributed by atoms with Crippen LogP contribution in [0.5, 0.6) is 11.5 Å². The third kappa shape index (κ3) is 7.41. The van der Waals surface area contributed by atoms with Crippen molar-refractivity contribution >= 4 is 17.7 Å². The Morgan fingerprint density at radius 1 is 1.00 bits per heavy atom. The Balaban J connectivity index is 1.61. The van der Waals surface area contributed by atoms with Crippen molar-refractivity contribution in [2.45, 2.75) is 25.9 Å². The zero-order chi connectivity index (χ0) is 26.8. The summed E-state index contributed by atoms with van der Waals surface area (Å²) < 4.78 is 21.5. The highest BCUT2D eigenvalue weighted by atomic mass is 16.5. The maximum atomic E-state index is 12.7. The predicted octanol–water partition coefficient (Wildman–Crippen LogP) is 2.89. The van der Waals surface area contributed by atoms with Gasteiger partial charge in [-0.3, -0.25) is 9.79 Å². The van der Waals surface area contributed by atoms with Crippen molar-refractivity contribution in [2.24, 2.45) is 10.9 Å². The number of nitrogens with zero attached hydrogens (tertiary/aromatic N) is 1. The summed E-state index contributed by atoms with van der Waals surface area (Å²) in [4.78, 5) is 29.8. The van der Waals surface area contributed by atoms with Gasteiger partial charge in [0.15, 0.2) is 0 Å². The molecule has 0 fully saturated rings. The molecule has 0 saturated heterocycles. The molecule has 37 heavy (non-hydrogen) atoms. The van der Waals surface area contributed by atoms with E-state index in [2.05, 4.69) is 10.3 Å². The molecule has 1 heterocycles. The molecular formula is C28H34N2O7. The quantitative estimate of drug-likeness (QED) is 0.331. The summed E-state index contributed by atoms with van der Waals surface area (Å²) >= 11 is 0. The highest BCUT2D eigenvalue weighted by Gasteiger charge is 2.42. The van der Waals surface area contributed by atoms with E-state index in [1.165, 1.54) is 14.2 Å². The number of aliphatic hydroxyl groups excluding tert-OH is 1. The minimum absolute atomic E-state index is 0.181. The lowest BCUT2D eigenvalue weighted by atomic mass is 9.75. The van der Waals surface area contributed by atoms with Crippen molar-refractivity contribution < 1.29 is 33.6 Å². The number of allylic oxidation sites excluding steroid dienone is 1. The third-order valence-electron chi connectivity index (χ3n) is 6.02. The molecule has 9 nitrogen and oxygen atoms in total. The number of rotatable bonds is 12. The van der Waals surface area contributed by atoms with Crippen LogP contribution < -0.4 is 14.8 Å². The van der Waals surface area contributed by atoms with Gasteiger partial charge >= 0.3 is 11.9 Å². The van der Waals surface area contributed by atoms with E-state index >= 15 is 0 Å². The lowest BCUT2D eigenvalue weighted by Gasteiger charge is -2.31. The second-order valence-corrected chi connectivity index (χ2v) is 8.63. The number of hydrogen-bond acceptors (Lipinski definition) is 9. The highest BCUT2D eigenvalue weighted by Crippen LogP contribution is 2.40. The van der Waals surface area contributed by atoms with E-state index < -0.39 is 29.9 Å². The van der Waals surface area contributed by atoms with Crippen LogP contribution in [0, 0.1) is 5.92 Å². The second-order valence-electron chi connectivity index (χ2n) is 8.63. The van der Waals surface area contributed by atoms with E-state index in [0.717, 1.165) is 0 Å². The SMILES string of the molecule is COC(=O)C1=C(C)N=C(C)C(C(=O)OC)C1c1cccc(OCCNCC(O)COc2ccccc2)c1. The smallest absolute Gasteiger partial charge is 0.336 e. The average molecular weight is 511 g/mol. The number of aliphatic hydroxyl groups is 1. The summed E-state index contributed by atoms with van der Waals surface area (Å²) in [6.45, 7) is 4.85. The summed E-state index contributed by atoms with van der Waals surface area (Å²) in [5.74, 6) is -1.13. The summed E-state index contributed by atoms with van der Waals surface area (Å²) in [6.07, 6.45) is -0.665. The minimum Gasteiger partial charge on any atom is -0.492 e. The Morgan fingerprint density at radius 3 is 2.43 bits per heavy atom. The molecule has 198 valence electrons. The van der Waals surface area contributed by atoms with Crippen molar-refractivity contribution in [2.75, 3.05) is 40.5 Å². The Morgan fingerprint density at radius 2 is 1.73 bits per heavy atom. The van der Waals surface area contributed by atoms with Gasteiger partial charge in [0.25, 0.3) is 0 Å². The lowest BCUT2D eigenvalue weighted by molar-refractivity contribution is -0.143. The van der Waals surface area contributed by atoms with Crippen LogP contribution in [0.4, 0.5) is 0 Å². The van der Waals surface area contributed by atoms with E-state index in [0.29, 0.717) is 53.7 Å². The lowest BCUT2D eigenvalue weighted by Crippen LogP contribution is -2.36. The topological polar surface area (TPSA) is 116 Å². The summed E-state index contributed by atoms with van der Waals surface area (Å²) in [5, 5.41) is 13.3. The van der Waals surface area contributed by atoms with Crippen molar-refractivity contribution in [3.8, 4) is 11.5 Å². The van der Waals surface area contributed by atoms with E-state index in [-0.39, 0.29) is 6.61 Å². The molecule has 2 N–H and O–H groups in total. The van der Waals surface area contributed by atoms with Crippen LogP contribution in [0.2, 0.25) is 0 Å². The molecule has 3 atom stereocenters. The van der Waals surface area contributed by atoms with E-state index in [1.807, 2.05) is 42.5 Å². The predicted molar refractivity (Wildman–Crippen MR) is 139 cm³/mol. The number of methoxy groups -OCH3 is 2. The van der Waals surface area contributed by atoms with Crippen LogP contribution in [-0.4, -0.2) is 69.4 Å². The second kappa shape index (κ2) is 13.6. The molecule has 0 aliphatic carbocycles. The molecule has 0 saturated carbocycles. The number of aliphatic imine (C=N–C) groups is 1. The molecule has 1 aliphatic heterocycles. The molecule has 0 radical (unpaired) electrons. The number of nitrogens with one attached hydrogen (secondary N) is 1. The van der Waals surface area contributed by atoms with Gasteiger partial charge in [-0.2, -0.15) is 0 Å². The molecule has 0 amide bonds. The van der Waals surface area contributed by atoms with Gasteiger partial charge in [0.2, 0.25) is 0 Å². The third-order valence-corrected chi connectivity index (χ3v) is 6.02. The van der Waals surface area contributed by atoms with Gasteiger partial charge in [-0.05, 0) is 43.7 Å². The average Bonchev–Trinajstić information content (AvgIpc) is 2.91. The fraction of sp³-hybridized carbons (Fsp3) is 0.393. The number of benzene rings is 2. The van der Waals surface area contributed by atoms with Crippen LogP contribution in [0.3, 0.4) is 0 Å². The fourth-order valence-corrected chi connectivity index (χ4v) is 4.28. The van der Waals surface area contributed by atoms with Gasteiger partial charge in [-0.25, -0.2) is 4.79 Å². The van der Waals surface area contributed by atoms with Crippen LogP contribution in [0.1, 0.15) is 25.3 Å². The molecular weight excluding hydrogens is 476 g/mol. The molecule has 2 aromatic rings. The first-order valence-electron chi connectivity index (χ1n) is 12.1. The zero-order valence-electron chi connectivity index (χ0n) is 21.6. The molecule has 0 spiro atoms. The summed E-state index contributed by atoms with van der Waals surface area (Å²) in [7, 11) is 2.61. The van der Waals surface area contributed by atoms with Gasteiger partial charge in [0.1, 0.15) is 36.7 Å². The maximum Gasteiger partial charge on any atom is 0.336 e. The summed E-state index contributed by atoms with van der Waals surface area (Å²) in [6, 6.07) is 16.6. The Labute approximate surface area is 217 Å². The van der Waals surface area contributed by atoms with Crippen molar-refractivity contribution in [3.63, 3.8) is 0 Å². The molecule has 9 heteroatoms.